The van der Waals surface area contributed by atoms with Gasteiger partial charge in [0.15, 0.2) is 6.61 Å². The lowest BCUT2D eigenvalue weighted by atomic mass is 10.1. The number of nitrogens with one attached hydrogen (secondary N) is 1. The van der Waals surface area contributed by atoms with E-state index in [1.54, 1.807) is 12.4 Å². The van der Waals surface area contributed by atoms with Crippen molar-refractivity contribution in [2.75, 3.05) is 11.9 Å². The fourth-order valence-corrected chi connectivity index (χ4v) is 4.50. The lowest BCUT2D eigenvalue weighted by Crippen LogP contribution is -2.25. The Kier molecular flexibility index (Phi) is 5.81. The van der Waals surface area contributed by atoms with Gasteiger partial charge in [0.25, 0.3) is 5.91 Å². The van der Waals surface area contributed by atoms with Gasteiger partial charge in [-0.2, -0.15) is 5.10 Å². The molecule has 0 aliphatic carbocycles. The smallest absolute Gasteiger partial charge is 0.262 e. The molecule has 170 valence electrons. The molecule has 5 rings (SSSR count). The van der Waals surface area contributed by atoms with Crippen LogP contribution in [0, 0.1) is 13.8 Å². The molecule has 2 aromatic heterocycles. The first-order chi connectivity index (χ1) is 16.5. The quantitative estimate of drug-likeness (QED) is 0.424. The van der Waals surface area contributed by atoms with Crippen LogP contribution in [0.3, 0.4) is 0 Å². The first-order valence-corrected chi connectivity index (χ1v) is 11.7. The molecule has 1 N–H and O–H groups in total. The Balaban J connectivity index is 1.69. The Morgan fingerprint density at radius 1 is 1.18 bits per heavy atom. The number of carbonyl (C=O) groups excluding carboxylic acids is 1. The topological polar surface area (TPSA) is 80.9 Å². The van der Waals surface area contributed by atoms with Crippen molar-refractivity contribution in [3.8, 4) is 17.0 Å². The number of fused-ring (bicyclic) bond motifs is 1. The summed E-state index contributed by atoms with van der Waals surface area (Å²) < 4.78 is 7.37. The van der Waals surface area contributed by atoms with Crippen LogP contribution in [0.4, 0.5) is 11.4 Å². The molecule has 4 aromatic rings. The van der Waals surface area contributed by atoms with Gasteiger partial charge in [-0.15, -0.1) is 11.3 Å². The number of amides is 1. The van der Waals surface area contributed by atoms with E-state index in [9.17, 15) is 4.79 Å². The maximum atomic E-state index is 11.8. The van der Waals surface area contributed by atoms with Crippen LogP contribution in [-0.2, 0) is 4.79 Å². The maximum Gasteiger partial charge on any atom is 0.262 e. The largest absolute Gasteiger partial charge is 0.482 e. The first kappa shape index (κ1) is 21.8. The molecule has 0 fully saturated rings. The third kappa shape index (κ3) is 4.27. The number of aryl methyl sites for hydroxylation is 1. The SMILES string of the molecule is CC(=Nn1c(-c2ccc3c(c2)NC(=O)CO3)csc1=Nc1cccc(C)c1C)c1cccnc1. The molecule has 1 aliphatic rings. The fourth-order valence-electron chi connectivity index (χ4n) is 3.66. The first-order valence-electron chi connectivity index (χ1n) is 10.8. The van der Waals surface area contributed by atoms with Crippen molar-refractivity contribution in [3.05, 3.63) is 87.8 Å². The molecule has 0 bridgehead atoms. The zero-order chi connectivity index (χ0) is 23.7. The summed E-state index contributed by atoms with van der Waals surface area (Å²) in [6.07, 6.45) is 3.53. The van der Waals surface area contributed by atoms with Crippen LogP contribution >= 0.6 is 11.3 Å². The Labute approximate surface area is 201 Å². The third-order valence-corrected chi connectivity index (χ3v) is 6.53. The number of carbonyl (C=O) groups is 1. The molecule has 1 amide bonds. The highest BCUT2D eigenvalue weighted by atomic mass is 32.1. The van der Waals surface area contributed by atoms with Crippen LogP contribution in [0.2, 0.25) is 0 Å². The number of thiazole rings is 1. The van der Waals surface area contributed by atoms with Gasteiger partial charge in [-0.05, 0) is 62.2 Å². The number of rotatable bonds is 4. The van der Waals surface area contributed by atoms with Crippen molar-refractivity contribution in [3.63, 3.8) is 0 Å². The lowest BCUT2D eigenvalue weighted by molar-refractivity contribution is -0.118. The zero-order valence-electron chi connectivity index (χ0n) is 19.1. The van der Waals surface area contributed by atoms with Gasteiger partial charge in [0.1, 0.15) is 5.75 Å². The van der Waals surface area contributed by atoms with Crippen molar-refractivity contribution >= 4 is 34.3 Å². The predicted molar refractivity (Wildman–Crippen MR) is 135 cm³/mol. The van der Waals surface area contributed by atoms with Crippen LogP contribution in [0.1, 0.15) is 23.6 Å². The van der Waals surface area contributed by atoms with Gasteiger partial charge in [0.2, 0.25) is 4.80 Å². The van der Waals surface area contributed by atoms with Crippen LogP contribution in [0.25, 0.3) is 11.3 Å². The number of hydrogen-bond donors (Lipinski definition) is 1. The van der Waals surface area contributed by atoms with E-state index >= 15 is 0 Å². The molecule has 0 spiro atoms. The molecule has 7 nitrogen and oxygen atoms in total. The van der Waals surface area contributed by atoms with Gasteiger partial charge < -0.3 is 10.1 Å². The zero-order valence-corrected chi connectivity index (χ0v) is 19.9. The summed E-state index contributed by atoms with van der Waals surface area (Å²) in [6, 6.07) is 15.7. The van der Waals surface area contributed by atoms with Crippen molar-refractivity contribution in [2.45, 2.75) is 20.8 Å². The Morgan fingerprint density at radius 2 is 2.06 bits per heavy atom. The highest BCUT2D eigenvalue weighted by Gasteiger charge is 2.18. The second-order valence-electron chi connectivity index (χ2n) is 8.02. The molecule has 0 unspecified atom stereocenters. The molecule has 2 aromatic carbocycles. The fraction of sp³-hybridized carbons (Fsp3) is 0.154. The molecule has 1 aliphatic heterocycles. The third-order valence-electron chi connectivity index (χ3n) is 5.71. The standard InChI is InChI=1S/C26H23N5O2S/c1-16-6-4-8-21(17(16)2)29-26-31(30-18(3)20-7-5-11-27-13-20)23(15-34-26)19-9-10-24-22(12-19)28-25(32)14-33-24/h4-13,15H,14H2,1-3H3,(H,28,32). The molecule has 0 radical (unpaired) electrons. The molecular weight excluding hydrogens is 446 g/mol. The van der Waals surface area contributed by atoms with Crippen LogP contribution < -0.4 is 14.9 Å². The number of pyridine rings is 1. The maximum absolute atomic E-state index is 11.8. The van der Waals surface area contributed by atoms with Crippen molar-refractivity contribution in [2.24, 2.45) is 10.1 Å². The van der Waals surface area contributed by atoms with Crippen LogP contribution in [0.5, 0.6) is 5.75 Å². The minimum atomic E-state index is -0.168. The summed E-state index contributed by atoms with van der Waals surface area (Å²) in [5.74, 6) is 0.486. The van der Waals surface area contributed by atoms with Gasteiger partial charge in [-0.3, -0.25) is 9.78 Å². The average Bonchev–Trinajstić information content (AvgIpc) is 3.24. The van der Waals surface area contributed by atoms with E-state index in [2.05, 4.69) is 30.2 Å². The molecule has 0 saturated carbocycles. The highest BCUT2D eigenvalue weighted by molar-refractivity contribution is 7.07. The summed E-state index contributed by atoms with van der Waals surface area (Å²) in [6.45, 7) is 6.13. The summed E-state index contributed by atoms with van der Waals surface area (Å²) >= 11 is 1.51. The van der Waals surface area contributed by atoms with Gasteiger partial charge in [0.05, 0.1) is 22.8 Å². The number of aromatic nitrogens is 2. The number of benzene rings is 2. The van der Waals surface area contributed by atoms with E-state index < -0.39 is 0 Å². The summed E-state index contributed by atoms with van der Waals surface area (Å²) in [5.41, 5.74) is 7.36. The molecule has 0 saturated heterocycles. The minimum absolute atomic E-state index is 0.0261. The van der Waals surface area contributed by atoms with Gasteiger partial charge in [-0.1, -0.05) is 18.2 Å². The van der Waals surface area contributed by atoms with Crippen LogP contribution in [-0.4, -0.2) is 27.9 Å². The van der Waals surface area contributed by atoms with E-state index in [4.69, 9.17) is 14.8 Å². The van der Waals surface area contributed by atoms with E-state index in [-0.39, 0.29) is 12.5 Å². The normalized spacial score (nSPS) is 13.9. The van der Waals surface area contributed by atoms with Crippen molar-refractivity contribution < 1.29 is 9.53 Å². The average molecular weight is 470 g/mol. The number of anilines is 1. The minimum Gasteiger partial charge on any atom is -0.482 e. The van der Waals surface area contributed by atoms with Crippen LogP contribution in [0.15, 0.2) is 76.4 Å². The van der Waals surface area contributed by atoms with E-state index in [1.807, 2.05) is 59.4 Å². The Hall–Kier alpha value is -4.04. The molecule has 34 heavy (non-hydrogen) atoms. The Morgan fingerprint density at radius 3 is 2.88 bits per heavy atom. The lowest BCUT2D eigenvalue weighted by Gasteiger charge is -2.18. The monoisotopic (exact) mass is 469 g/mol. The summed E-state index contributed by atoms with van der Waals surface area (Å²) in [7, 11) is 0. The highest BCUT2D eigenvalue weighted by Crippen LogP contribution is 2.33. The van der Waals surface area contributed by atoms with Gasteiger partial charge >= 0.3 is 0 Å². The molecule has 8 heteroatoms. The van der Waals surface area contributed by atoms with Gasteiger partial charge in [0, 0.05) is 28.9 Å². The van der Waals surface area contributed by atoms with E-state index in [0.29, 0.717) is 11.4 Å². The molecule has 0 atom stereocenters. The second kappa shape index (κ2) is 9.07. The summed E-state index contributed by atoms with van der Waals surface area (Å²) in [4.78, 5) is 21.7. The predicted octanol–water partition coefficient (Wildman–Crippen LogP) is 5.06. The summed E-state index contributed by atoms with van der Waals surface area (Å²) in [5, 5.41) is 9.84. The van der Waals surface area contributed by atoms with Crippen molar-refractivity contribution in [1.29, 1.82) is 0 Å². The molecule has 3 heterocycles. The molecular formula is C26H23N5O2S. The van der Waals surface area contributed by atoms with Gasteiger partial charge in [-0.25, -0.2) is 9.67 Å². The van der Waals surface area contributed by atoms with E-state index in [0.717, 1.165) is 38.6 Å². The number of ether oxygens (including phenoxy) is 1. The number of nitrogens with zero attached hydrogens (tertiary/aromatic N) is 4. The second-order valence-corrected chi connectivity index (χ2v) is 8.86. The van der Waals surface area contributed by atoms with E-state index in [1.165, 1.54) is 16.9 Å². The van der Waals surface area contributed by atoms with Crippen molar-refractivity contribution in [1.82, 2.24) is 9.66 Å². The number of hydrogen-bond acceptors (Lipinski definition) is 6. The Bertz CT molecular complexity index is 1480.